The predicted octanol–water partition coefficient (Wildman–Crippen LogP) is 1.58. The van der Waals surface area contributed by atoms with Gasteiger partial charge in [0.2, 0.25) is 0 Å². The average molecular weight is 263 g/mol. The molecule has 0 saturated carbocycles. The lowest BCUT2D eigenvalue weighted by atomic mass is 10.1. The molecule has 0 aromatic rings. The lowest BCUT2D eigenvalue weighted by molar-refractivity contribution is -0.163. The molecule has 0 fully saturated rings. The first kappa shape index (κ1) is 15.6. The maximum atomic E-state index is 11.6. The van der Waals surface area contributed by atoms with E-state index in [-0.39, 0.29) is 13.0 Å². The Bertz CT molecular complexity index is 311. The van der Waals surface area contributed by atoms with Crippen molar-refractivity contribution in [2.24, 2.45) is 0 Å². The number of carbonyl (C=O) groups is 3. The summed E-state index contributed by atoms with van der Waals surface area (Å²) in [6.07, 6.45) is 1.10. The van der Waals surface area contributed by atoms with E-state index in [1.807, 2.05) is 0 Å². The molecule has 0 aliphatic carbocycles. The highest BCUT2D eigenvalue weighted by Crippen LogP contribution is 2.07. The summed E-state index contributed by atoms with van der Waals surface area (Å²) in [6.45, 7) is 2.85. The molecule has 0 unspecified atom stereocenters. The molecule has 0 spiro atoms. The number of carbonyl (C=O) groups excluding carboxylic acids is 3. The van der Waals surface area contributed by atoms with Gasteiger partial charge in [-0.15, -0.1) is 0 Å². The Morgan fingerprint density at radius 2 is 2.00 bits per heavy atom. The van der Waals surface area contributed by atoms with Gasteiger partial charge in [-0.1, -0.05) is 17.7 Å². The van der Waals surface area contributed by atoms with E-state index in [1.54, 1.807) is 13.0 Å². The summed E-state index contributed by atoms with van der Waals surface area (Å²) < 4.78 is 9.31. The van der Waals surface area contributed by atoms with Crippen LogP contribution in [0.3, 0.4) is 0 Å². The van der Waals surface area contributed by atoms with Crippen LogP contribution in [0.25, 0.3) is 0 Å². The predicted molar refractivity (Wildman–Crippen MR) is 61.4 cm³/mol. The van der Waals surface area contributed by atoms with Crippen LogP contribution in [0.5, 0.6) is 0 Å². The molecule has 0 aromatic heterocycles. The minimum atomic E-state index is -1.11. The summed E-state index contributed by atoms with van der Waals surface area (Å²) in [5, 5.41) is 0. The Labute approximate surface area is 105 Å². The summed E-state index contributed by atoms with van der Waals surface area (Å²) in [5.41, 5.74) is 1.29. The largest absolute Gasteiger partial charge is 0.460 e. The van der Waals surface area contributed by atoms with Crippen LogP contribution in [-0.2, 0) is 23.9 Å². The fraction of sp³-hybridized carbons (Fsp3) is 0.545. The fourth-order valence-electron chi connectivity index (χ4n) is 1.09. The maximum absolute atomic E-state index is 11.6. The summed E-state index contributed by atoms with van der Waals surface area (Å²) in [7, 11) is 0. The molecular weight excluding hydrogens is 248 g/mol. The number of hydrogen-bond donors (Lipinski definition) is 0. The van der Waals surface area contributed by atoms with E-state index < -0.39 is 23.8 Å². The first-order chi connectivity index (χ1) is 8.02. The van der Waals surface area contributed by atoms with Crippen molar-refractivity contribution in [1.29, 1.82) is 0 Å². The number of Topliss-reactive ketones (excluding diaryl/α,β-unsaturated/α-hetero) is 1. The molecule has 0 rings (SSSR count). The van der Waals surface area contributed by atoms with E-state index in [0.29, 0.717) is 6.42 Å². The second-order valence-corrected chi connectivity index (χ2v) is 3.37. The van der Waals surface area contributed by atoms with Crippen molar-refractivity contribution in [3.8, 4) is 0 Å². The zero-order valence-corrected chi connectivity index (χ0v) is 10.5. The second-order valence-electron chi connectivity index (χ2n) is 3.12. The van der Waals surface area contributed by atoms with Crippen molar-refractivity contribution in [1.82, 2.24) is 0 Å². The Morgan fingerprint density at radius 1 is 1.35 bits per heavy atom. The highest BCUT2D eigenvalue weighted by molar-refractivity contribution is 6.35. The van der Waals surface area contributed by atoms with E-state index in [9.17, 15) is 14.4 Å². The molecule has 0 amide bonds. The van der Waals surface area contributed by atoms with Crippen molar-refractivity contribution >= 4 is 29.3 Å². The number of hydrogen-bond acceptors (Lipinski definition) is 5. The van der Waals surface area contributed by atoms with Gasteiger partial charge in [-0.2, -0.15) is 0 Å². The number of rotatable bonds is 7. The topological polar surface area (TPSA) is 69.7 Å². The van der Waals surface area contributed by atoms with Crippen LogP contribution >= 0.6 is 11.6 Å². The number of ether oxygens (including phenoxy) is 2. The number of esters is 2. The van der Waals surface area contributed by atoms with Gasteiger partial charge in [0.25, 0.3) is 5.78 Å². The van der Waals surface area contributed by atoms with Gasteiger partial charge in [0.05, 0.1) is 6.61 Å². The molecule has 0 aliphatic rings. The smallest absolute Gasteiger partial charge is 0.378 e. The van der Waals surface area contributed by atoms with E-state index >= 15 is 0 Å². The molecule has 1 atom stereocenters. The number of ketones is 1. The Balaban J connectivity index is 4.49. The molecule has 96 valence electrons. The summed E-state index contributed by atoms with van der Waals surface area (Å²) in [6, 6.07) is 0. The van der Waals surface area contributed by atoms with Gasteiger partial charge >= 0.3 is 11.9 Å². The van der Waals surface area contributed by atoms with Gasteiger partial charge < -0.3 is 9.47 Å². The van der Waals surface area contributed by atoms with Crippen molar-refractivity contribution in [3.05, 3.63) is 11.6 Å². The van der Waals surface area contributed by atoms with Crippen molar-refractivity contribution in [3.63, 3.8) is 0 Å². The molecule has 6 heteroatoms. The molecule has 0 radical (unpaired) electrons. The number of halogens is 1. The third-order valence-corrected chi connectivity index (χ3v) is 1.94. The third-order valence-electron chi connectivity index (χ3n) is 1.76. The first-order valence-electron chi connectivity index (χ1n) is 5.16. The van der Waals surface area contributed by atoms with Crippen LogP contribution in [0.2, 0.25) is 0 Å². The van der Waals surface area contributed by atoms with Gasteiger partial charge in [0.15, 0.2) is 6.10 Å². The van der Waals surface area contributed by atoms with Gasteiger partial charge in [-0.05, 0) is 19.8 Å². The lowest BCUT2D eigenvalue weighted by Gasteiger charge is -2.13. The highest BCUT2D eigenvalue weighted by atomic mass is 35.5. The lowest BCUT2D eigenvalue weighted by Crippen LogP contribution is -2.33. The van der Waals surface area contributed by atoms with Gasteiger partial charge in [-0.25, -0.2) is 4.79 Å². The second kappa shape index (κ2) is 8.75. The van der Waals surface area contributed by atoms with Crippen LogP contribution < -0.4 is 0 Å². The van der Waals surface area contributed by atoms with Crippen molar-refractivity contribution in [2.45, 2.75) is 32.8 Å². The Kier molecular flexibility index (Phi) is 8.05. The minimum Gasteiger partial charge on any atom is -0.460 e. The van der Waals surface area contributed by atoms with Gasteiger partial charge in [0.1, 0.15) is 0 Å². The molecule has 0 N–H and O–H groups in total. The molecule has 17 heavy (non-hydrogen) atoms. The summed E-state index contributed by atoms with van der Waals surface area (Å²) >= 11 is 5.32. The zero-order valence-electron chi connectivity index (χ0n) is 9.77. The maximum Gasteiger partial charge on any atom is 0.378 e. The molecule has 0 bridgehead atoms. The minimum absolute atomic E-state index is 0.0962. The van der Waals surface area contributed by atoms with Crippen molar-refractivity contribution < 1.29 is 23.9 Å². The van der Waals surface area contributed by atoms with Crippen molar-refractivity contribution in [2.75, 3.05) is 6.61 Å². The molecular formula is C11H15ClO5. The molecule has 0 saturated heterocycles. The molecule has 0 aliphatic heterocycles. The van der Waals surface area contributed by atoms with Crippen LogP contribution in [0, 0.1) is 0 Å². The van der Waals surface area contributed by atoms with E-state index in [2.05, 4.69) is 4.74 Å². The van der Waals surface area contributed by atoms with Crippen LogP contribution in [-0.4, -0.2) is 30.4 Å². The first-order valence-corrected chi connectivity index (χ1v) is 5.60. The zero-order chi connectivity index (χ0) is 13.3. The Morgan fingerprint density at radius 3 is 2.47 bits per heavy atom. The van der Waals surface area contributed by atoms with Crippen LogP contribution in [0.4, 0.5) is 0 Å². The average Bonchev–Trinajstić information content (AvgIpc) is 2.27. The quantitative estimate of drug-likeness (QED) is 0.515. The molecule has 5 nitrogen and oxygen atoms in total. The van der Waals surface area contributed by atoms with Crippen LogP contribution in [0.1, 0.15) is 26.7 Å². The highest BCUT2D eigenvalue weighted by Gasteiger charge is 2.28. The number of allylic oxidation sites excluding steroid dienone is 1. The van der Waals surface area contributed by atoms with E-state index in [0.717, 1.165) is 0 Å². The monoisotopic (exact) mass is 262 g/mol. The van der Waals surface area contributed by atoms with Crippen LogP contribution in [0.15, 0.2) is 11.6 Å². The molecule has 0 aromatic carbocycles. The summed E-state index contributed by atoms with van der Waals surface area (Å²) in [4.78, 5) is 33.5. The Hall–Kier alpha value is -1.36. The SMILES string of the molecule is CCOC(=O)C(=O)[C@@H](CCC=CCl)OC(C)=O. The van der Waals surface area contributed by atoms with E-state index in [4.69, 9.17) is 16.3 Å². The molecule has 0 heterocycles. The fourth-order valence-corrected chi connectivity index (χ4v) is 1.21. The summed E-state index contributed by atoms with van der Waals surface area (Å²) in [5.74, 6) is -2.47. The van der Waals surface area contributed by atoms with Gasteiger partial charge in [0, 0.05) is 12.5 Å². The van der Waals surface area contributed by atoms with E-state index in [1.165, 1.54) is 12.5 Å². The third kappa shape index (κ3) is 6.73. The van der Waals surface area contributed by atoms with Gasteiger partial charge in [-0.3, -0.25) is 9.59 Å². The normalized spacial score (nSPS) is 12.2. The standard InChI is InChI=1S/C11H15ClO5/c1-3-16-11(15)10(14)9(17-8(2)13)6-4-5-7-12/h5,7,9H,3-4,6H2,1-2H3/t9-/m1/s1.